The number of hydrogen-bond acceptors (Lipinski definition) is 4. The Labute approximate surface area is 138 Å². The summed E-state index contributed by atoms with van der Waals surface area (Å²) >= 11 is 0. The van der Waals surface area contributed by atoms with Gasteiger partial charge in [-0.1, -0.05) is 0 Å². The molecule has 0 aromatic heterocycles. The predicted molar refractivity (Wildman–Crippen MR) is 88.3 cm³/mol. The molecule has 124 valence electrons. The van der Waals surface area contributed by atoms with Crippen LogP contribution in [0.2, 0.25) is 0 Å². The fraction of sp³-hybridized carbons (Fsp3) is 0.600. The van der Waals surface area contributed by atoms with Crippen molar-refractivity contribution in [3.05, 3.63) is 23.8 Å². The molecule has 3 rings (SSSR count). The second-order valence-corrected chi connectivity index (χ2v) is 7.73. The average molecular weight is 347 g/mol. The summed E-state index contributed by atoms with van der Waals surface area (Å²) in [5.41, 5.74) is 0.972. The Morgan fingerprint density at radius 1 is 1.32 bits per heavy atom. The molecule has 7 heteroatoms. The maximum atomic E-state index is 12.5. The lowest BCUT2D eigenvalue weighted by molar-refractivity contribution is 0.254. The molecule has 2 aliphatic rings. The Hall–Kier alpha value is -0.820. The minimum Gasteiger partial charge on any atom is -0.490 e. The van der Waals surface area contributed by atoms with E-state index in [1.165, 1.54) is 0 Å². The van der Waals surface area contributed by atoms with Gasteiger partial charge in [0.2, 0.25) is 10.0 Å². The molecule has 1 aromatic rings. The summed E-state index contributed by atoms with van der Waals surface area (Å²) in [6.07, 6.45) is 2.75. The fourth-order valence-electron chi connectivity index (χ4n) is 3.04. The van der Waals surface area contributed by atoms with Gasteiger partial charge in [0.05, 0.1) is 4.90 Å². The van der Waals surface area contributed by atoms with E-state index in [0.29, 0.717) is 4.90 Å². The highest BCUT2D eigenvalue weighted by Gasteiger charge is 2.28. The second kappa shape index (κ2) is 6.74. The fourth-order valence-corrected chi connectivity index (χ4v) is 4.44. The molecule has 2 N–H and O–H groups in total. The molecule has 3 atom stereocenters. The zero-order valence-electron chi connectivity index (χ0n) is 12.8. The summed E-state index contributed by atoms with van der Waals surface area (Å²) in [6, 6.07) is 5.23. The van der Waals surface area contributed by atoms with E-state index in [1.54, 1.807) is 18.2 Å². The lowest BCUT2D eigenvalue weighted by Crippen LogP contribution is -2.51. The second-order valence-electron chi connectivity index (χ2n) is 6.01. The molecule has 3 unspecified atom stereocenters. The van der Waals surface area contributed by atoms with Gasteiger partial charge in [0.1, 0.15) is 11.9 Å². The van der Waals surface area contributed by atoms with Gasteiger partial charge in [-0.15, -0.1) is 12.4 Å². The van der Waals surface area contributed by atoms with Crippen LogP contribution in [0.1, 0.15) is 32.3 Å². The molecule has 2 heterocycles. The molecule has 1 aromatic carbocycles. The van der Waals surface area contributed by atoms with Gasteiger partial charge in [-0.05, 0) is 57.0 Å². The Bertz CT molecular complexity index is 636. The van der Waals surface area contributed by atoms with Crippen LogP contribution in [0.5, 0.6) is 5.75 Å². The number of nitrogens with one attached hydrogen (secondary N) is 2. The molecule has 2 aliphatic heterocycles. The quantitative estimate of drug-likeness (QED) is 0.876. The van der Waals surface area contributed by atoms with Crippen molar-refractivity contribution in [2.24, 2.45) is 0 Å². The first kappa shape index (κ1) is 17.5. The van der Waals surface area contributed by atoms with Crippen LogP contribution in [0.15, 0.2) is 23.1 Å². The molecular formula is C15H23ClN2O3S. The van der Waals surface area contributed by atoms with Crippen molar-refractivity contribution >= 4 is 22.4 Å². The summed E-state index contributed by atoms with van der Waals surface area (Å²) in [5.74, 6) is 0.800. The molecular weight excluding hydrogens is 324 g/mol. The summed E-state index contributed by atoms with van der Waals surface area (Å²) in [5, 5.41) is 3.31. The van der Waals surface area contributed by atoms with E-state index < -0.39 is 10.0 Å². The van der Waals surface area contributed by atoms with Crippen LogP contribution < -0.4 is 14.8 Å². The molecule has 0 spiro atoms. The molecule has 0 aliphatic carbocycles. The van der Waals surface area contributed by atoms with Crippen LogP contribution in [0.3, 0.4) is 0 Å². The van der Waals surface area contributed by atoms with E-state index in [1.807, 2.05) is 13.8 Å². The highest BCUT2D eigenvalue weighted by atomic mass is 35.5. The van der Waals surface area contributed by atoms with E-state index in [9.17, 15) is 8.42 Å². The molecule has 5 nitrogen and oxygen atoms in total. The number of sulfonamides is 1. The van der Waals surface area contributed by atoms with Gasteiger partial charge in [-0.25, -0.2) is 13.1 Å². The van der Waals surface area contributed by atoms with Gasteiger partial charge in [0, 0.05) is 18.5 Å². The van der Waals surface area contributed by atoms with Gasteiger partial charge in [-0.3, -0.25) is 0 Å². The maximum absolute atomic E-state index is 12.5. The van der Waals surface area contributed by atoms with Crippen molar-refractivity contribution in [2.75, 3.05) is 6.54 Å². The molecule has 1 fully saturated rings. The van der Waals surface area contributed by atoms with E-state index in [2.05, 4.69) is 10.0 Å². The van der Waals surface area contributed by atoms with Crippen LogP contribution >= 0.6 is 12.4 Å². The average Bonchev–Trinajstić information content (AvgIpc) is 2.80. The molecule has 0 bridgehead atoms. The molecule has 22 heavy (non-hydrogen) atoms. The van der Waals surface area contributed by atoms with Crippen molar-refractivity contribution in [2.45, 2.75) is 56.2 Å². The van der Waals surface area contributed by atoms with Crippen LogP contribution in [-0.4, -0.2) is 33.2 Å². The van der Waals surface area contributed by atoms with Crippen molar-refractivity contribution in [1.82, 2.24) is 10.0 Å². The summed E-state index contributed by atoms with van der Waals surface area (Å²) in [7, 11) is -3.48. The minimum atomic E-state index is -3.48. The van der Waals surface area contributed by atoms with E-state index >= 15 is 0 Å². The zero-order chi connectivity index (χ0) is 15.0. The first-order valence-corrected chi connectivity index (χ1v) is 8.99. The number of benzene rings is 1. The van der Waals surface area contributed by atoms with Crippen molar-refractivity contribution in [1.29, 1.82) is 0 Å². The smallest absolute Gasteiger partial charge is 0.240 e. The molecule has 0 radical (unpaired) electrons. The van der Waals surface area contributed by atoms with Crippen LogP contribution in [0, 0.1) is 0 Å². The largest absolute Gasteiger partial charge is 0.490 e. The van der Waals surface area contributed by atoms with E-state index in [0.717, 1.165) is 37.1 Å². The number of fused-ring (bicyclic) bond motifs is 1. The number of halogens is 1. The lowest BCUT2D eigenvalue weighted by Gasteiger charge is -2.30. The summed E-state index contributed by atoms with van der Waals surface area (Å²) in [6.45, 7) is 4.96. The van der Waals surface area contributed by atoms with Crippen LogP contribution in [0.25, 0.3) is 0 Å². The number of rotatable bonds is 3. The highest BCUT2D eigenvalue weighted by molar-refractivity contribution is 7.89. The van der Waals surface area contributed by atoms with Gasteiger partial charge < -0.3 is 10.1 Å². The van der Waals surface area contributed by atoms with E-state index in [-0.39, 0.29) is 30.6 Å². The van der Waals surface area contributed by atoms with Gasteiger partial charge in [0.15, 0.2) is 0 Å². The first-order chi connectivity index (χ1) is 9.95. The van der Waals surface area contributed by atoms with Gasteiger partial charge in [0.25, 0.3) is 0 Å². The first-order valence-electron chi connectivity index (χ1n) is 7.51. The highest BCUT2D eigenvalue weighted by Crippen LogP contribution is 2.30. The Balaban J connectivity index is 0.00000176. The van der Waals surface area contributed by atoms with Crippen molar-refractivity contribution in [3.63, 3.8) is 0 Å². The van der Waals surface area contributed by atoms with Crippen LogP contribution in [-0.2, 0) is 16.4 Å². The third kappa shape index (κ3) is 3.56. The predicted octanol–water partition coefficient (Wildman–Crippen LogP) is 1.85. The SMILES string of the molecule is CC1Cc2cc(S(=O)(=O)NC3CCCNC3C)ccc2O1.Cl. The normalized spacial score (nSPS) is 27.6. The molecule has 1 saturated heterocycles. The Morgan fingerprint density at radius 2 is 2.09 bits per heavy atom. The number of ether oxygens (including phenoxy) is 1. The lowest BCUT2D eigenvalue weighted by atomic mass is 10.0. The van der Waals surface area contributed by atoms with E-state index in [4.69, 9.17) is 4.74 Å². The Morgan fingerprint density at radius 3 is 2.82 bits per heavy atom. The molecule has 0 amide bonds. The molecule has 0 saturated carbocycles. The topological polar surface area (TPSA) is 67.4 Å². The van der Waals surface area contributed by atoms with Crippen molar-refractivity contribution in [3.8, 4) is 5.75 Å². The zero-order valence-corrected chi connectivity index (χ0v) is 14.5. The summed E-state index contributed by atoms with van der Waals surface area (Å²) < 4.78 is 33.5. The Kier molecular flexibility index (Phi) is 5.37. The monoisotopic (exact) mass is 346 g/mol. The van der Waals surface area contributed by atoms with Gasteiger partial charge >= 0.3 is 0 Å². The van der Waals surface area contributed by atoms with Crippen LogP contribution in [0.4, 0.5) is 0 Å². The summed E-state index contributed by atoms with van der Waals surface area (Å²) in [4.78, 5) is 0.330. The standard InChI is InChI=1S/C15H22N2O3S.ClH/c1-10-8-12-9-13(5-6-15(12)20-10)21(18,19)17-14-4-3-7-16-11(14)2;/h5-6,9-11,14,16-17H,3-4,7-8H2,1-2H3;1H. The van der Waals surface area contributed by atoms with Gasteiger partial charge in [-0.2, -0.15) is 0 Å². The maximum Gasteiger partial charge on any atom is 0.240 e. The third-order valence-corrected chi connectivity index (χ3v) is 5.73. The number of hydrogen-bond donors (Lipinski definition) is 2. The number of piperidine rings is 1. The minimum absolute atomic E-state index is 0. The third-order valence-electron chi connectivity index (χ3n) is 4.25. The van der Waals surface area contributed by atoms with Crippen molar-refractivity contribution < 1.29 is 13.2 Å².